The molecule has 0 aliphatic rings. The summed E-state index contributed by atoms with van der Waals surface area (Å²) >= 11 is 0. The highest BCUT2D eigenvalue weighted by Crippen LogP contribution is 2.25. The number of carbonyl (C=O) groups is 2. The lowest BCUT2D eigenvalue weighted by molar-refractivity contribution is -0.118. The van der Waals surface area contributed by atoms with Gasteiger partial charge in [-0.05, 0) is 48.5 Å². The van der Waals surface area contributed by atoms with Crippen LogP contribution in [0.25, 0.3) is 11.3 Å². The molecule has 6 heteroatoms. The van der Waals surface area contributed by atoms with E-state index in [0.717, 1.165) is 0 Å². The number of nitrogens with one attached hydrogen (secondary N) is 2. The van der Waals surface area contributed by atoms with Gasteiger partial charge in [0, 0.05) is 17.3 Å². The monoisotopic (exact) mass is 366 g/mol. The van der Waals surface area contributed by atoms with E-state index in [1.165, 1.54) is 12.1 Å². The van der Waals surface area contributed by atoms with E-state index in [0.29, 0.717) is 16.9 Å². The predicted octanol–water partition coefficient (Wildman–Crippen LogP) is 4.93. The average molecular weight is 366 g/mol. The zero-order chi connectivity index (χ0) is 19.4. The van der Waals surface area contributed by atoms with Gasteiger partial charge in [-0.3, -0.25) is 9.59 Å². The Kier molecular flexibility index (Phi) is 5.35. The number of benzene rings is 2. The van der Waals surface area contributed by atoms with Crippen LogP contribution in [-0.2, 0) is 4.79 Å². The minimum atomic E-state index is -0.448. The van der Waals surface area contributed by atoms with Gasteiger partial charge in [0.05, 0.1) is 5.56 Å². The lowest BCUT2D eigenvalue weighted by Gasteiger charge is -2.09. The number of halogens is 1. The van der Waals surface area contributed by atoms with Crippen LogP contribution in [-0.4, -0.2) is 11.8 Å². The summed E-state index contributed by atoms with van der Waals surface area (Å²) in [7, 11) is 0. The van der Waals surface area contributed by atoms with Crippen LogP contribution in [0.4, 0.5) is 15.8 Å². The van der Waals surface area contributed by atoms with Gasteiger partial charge in [0.15, 0.2) is 5.76 Å². The zero-order valence-electron chi connectivity index (χ0n) is 15.0. The van der Waals surface area contributed by atoms with Crippen LogP contribution in [0.3, 0.4) is 0 Å². The van der Waals surface area contributed by atoms with Gasteiger partial charge in [-0.25, -0.2) is 4.39 Å². The molecule has 0 unspecified atom stereocenters. The predicted molar refractivity (Wildman–Crippen MR) is 102 cm³/mol. The van der Waals surface area contributed by atoms with E-state index in [1.807, 2.05) is 13.8 Å². The number of amides is 2. The zero-order valence-corrected chi connectivity index (χ0v) is 15.0. The Morgan fingerprint density at radius 1 is 0.889 bits per heavy atom. The van der Waals surface area contributed by atoms with E-state index in [-0.39, 0.29) is 23.3 Å². The van der Waals surface area contributed by atoms with Crippen molar-refractivity contribution in [1.82, 2.24) is 0 Å². The molecule has 0 bridgehead atoms. The first-order chi connectivity index (χ1) is 12.9. The Bertz CT molecular complexity index is 962. The second-order valence-electron chi connectivity index (χ2n) is 6.32. The van der Waals surface area contributed by atoms with Crippen LogP contribution in [0.5, 0.6) is 0 Å². The van der Waals surface area contributed by atoms with E-state index in [1.54, 1.807) is 48.5 Å². The molecule has 1 aromatic heterocycles. The van der Waals surface area contributed by atoms with Crippen molar-refractivity contribution in [2.75, 3.05) is 10.6 Å². The summed E-state index contributed by atoms with van der Waals surface area (Å²) in [5.41, 5.74) is 1.49. The van der Waals surface area contributed by atoms with Crippen molar-refractivity contribution in [3.8, 4) is 11.3 Å². The van der Waals surface area contributed by atoms with Crippen molar-refractivity contribution in [2.45, 2.75) is 13.8 Å². The third-order valence-corrected chi connectivity index (χ3v) is 3.90. The van der Waals surface area contributed by atoms with Crippen LogP contribution in [0.15, 0.2) is 65.1 Å². The maximum absolute atomic E-state index is 13.8. The van der Waals surface area contributed by atoms with Gasteiger partial charge in [0.1, 0.15) is 11.6 Å². The molecule has 0 saturated heterocycles. The fourth-order valence-corrected chi connectivity index (χ4v) is 2.38. The van der Waals surface area contributed by atoms with Crippen molar-refractivity contribution in [3.63, 3.8) is 0 Å². The van der Waals surface area contributed by atoms with Crippen LogP contribution in [0, 0.1) is 11.7 Å². The SMILES string of the molecule is CC(C)C(=O)Nc1ccc(NC(=O)c2ccc(-c3ccccc3F)o2)cc1. The normalized spacial score (nSPS) is 10.7. The van der Waals surface area contributed by atoms with E-state index < -0.39 is 11.7 Å². The first-order valence-electron chi connectivity index (χ1n) is 8.51. The minimum absolute atomic E-state index is 0.0745. The molecule has 0 aliphatic carbocycles. The number of furan rings is 1. The summed E-state index contributed by atoms with van der Waals surface area (Å²) in [6.45, 7) is 3.62. The maximum atomic E-state index is 13.8. The van der Waals surface area contributed by atoms with Gasteiger partial charge in [-0.15, -0.1) is 0 Å². The molecule has 3 aromatic rings. The molecule has 0 aliphatic heterocycles. The fourth-order valence-electron chi connectivity index (χ4n) is 2.38. The van der Waals surface area contributed by atoms with Gasteiger partial charge in [0.2, 0.25) is 5.91 Å². The molecule has 27 heavy (non-hydrogen) atoms. The van der Waals surface area contributed by atoms with E-state index in [9.17, 15) is 14.0 Å². The molecule has 2 N–H and O–H groups in total. The van der Waals surface area contributed by atoms with Crippen molar-refractivity contribution in [2.24, 2.45) is 5.92 Å². The van der Waals surface area contributed by atoms with E-state index in [2.05, 4.69) is 10.6 Å². The summed E-state index contributed by atoms with van der Waals surface area (Å²) < 4.78 is 19.3. The number of carbonyl (C=O) groups excluding carboxylic acids is 2. The molecule has 0 radical (unpaired) electrons. The highest BCUT2D eigenvalue weighted by atomic mass is 19.1. The number of rotatable bonds is 5. The first-order valence-corrected chi connectivity index (χ1v) is 8.51. The third-order valence-electron chi connectivity index (χ3n) is 3.90. The molecule has 0 spiro atoms. The van der Waals surface area contributed by atoms with Gasteiger partial charge in [-0.1, -0.05) is 26.0 Å². The van der Waals surface area contributed by atoms with Crippen molar-refractivity contribution in [3.05, 3.63) is 72.2 Å². The van der Waals surface area contributed by atoms with E-state index >= 15 is 0 Å². The highest BCUT2D eigenvalue weighted by Gasteiger charge is 2.14. The second-order valence-corrected chi connectivity index (χ2v) is 6.32. The Morgan fingerprint density at radius 2 is 1.52 bits per heavy atom. The Hall–Kier alpha value is -3.41. The fraction of sp³-hybridized carbons (Fsp3) is 0.143. The minimum Gasteiger partial charge on any atom is -0.451 e. The van der Waals surface area contributed by atoms with Crippen LogP contribution >= 0.6 is 0 Å². The lowest BCUT2D eigenvalue weighted by atomic mass is 10.1. The summed E-state index contributed by atoms with van der Waals surface area (Å²) in [5.74, 6) is -0.708. The smallest absolute Gasteiger partial charge is 0.291 e. The van der Waals surface area contributed by atoms with Crippen molar-refractivity contribution < 1.29 is 18.4 Å². The molecule has 0 fully saturated rings. The Balaban J connectivity index is 1.67. The molecular weight excluding hydrogens is 347 g/mol. The molecule has 3 rings (SSSR count). The van der Waals surface area contributed by atoms with Crippen LogP contribution in [0.1, 0.15) is 24.4 Å². The molecule has 138 valence electrons. The van der Waals surface area contributed by atoms with E-state index in [4.69, 9.17) is 4.42 Å². The standard InChI is InChI=1S/C21H19FN2O3/c1-13(2)20(25)23-14-7-9-15(10-8-14)24-21(26)19-12-11-18(27-19)16-5-3-4-6-17(16)22/h3-13H,1-2H3,(H,23,25)(H,24,26). The van der Waals surface area contributed by atoms with Gasteiger partial charge < -0.3 is 15.1 Å². The molecule has 2 amide bonds. The Labute approximate surface area is 156 Å². The van der Waals surface area contributed by atoms with Gasteiger partial charge >= 0.3 is 0 Å². The van der Waals surface area contributed by atoms with Crippen molar-refractivity contribution >= 4 is 23.2 Å². The Morgan fingerprint density at radius 3 is 2.15 bits per heavy atom. The van der Waals surface area contributed by atoms with Crippen LogP contribution in [0.2, 0.25) is 0 Å². The van der Waals surface area contributed by atoms with Crippen LogP contribution < -0.4 is 10.6 Å². The number of anilines is 2. The van der Waals surface area contributed by atoms with Crippen molar-refractivity contribution in [1.29, 1.82) is 0 Å². The summed E-state index contributed by atoms with van der Waals surface area (Å²) in [4.78, 5) is 24.0. The maximum Gasteiger partial charge on any atom is 0.291 e. The topological polar surface area (TPSA) is 71.3 Å². The third kappa shape index (κ3) is 4.41. The largest absolute Gasteiger partial charge is 0.451 e. The average Bonchev–Trinajstić information content (AvgIpc) is 3.13. The lowest BCUT2D eigenvalue weighted by Crippen LogP contribution is -2.17. The molecule has 1 heterocycles. The molecule has 5 nitrogen and oxygen atoms in total. The summed E-state index contributed by atoms with van der Waals surface area (Å²) in [6.07, 6.45) is 0. The first kappa shape index (κ1) is 18.4. The number of hydrogen-bond acceptors (Lipinski definition) is 3. The summed E-state index contributed by atoms with van der Waals surface area (Å²) in [5, 5.41) is 5.48. The molecule has 0 atom stereocenters. The number of hydrogen-bond donors (Lipinski definition) is 2. The molecule has 2 aromatic carbocycles. The van der Waals surface area contributed by atoms with Gasteiger partial charge in [-0.2, -0.15) is 0 Å². The molecular formula is C21H19FN2O3. The van der Waals surface area contributed by atoms with Gasteiger partial charge in [0.25, 0.3) is 5.91 Å². The summed E-state index contributed by atoms with van der Waals surface area (Å²) in [6, 6.07) is 16.0. The molecule has 0 saturated carbocycles. The quantitative estimate of drug-likeness (QED) is 0.672. The second kappa shape index (κ2) is 7.86. The highest BCUT2D eigenvalue weighted by molar-refractivity contribution is 6.02.